The molecule has 0 spiro atoms. The van der Waals surface area contributed by atoms with E-state index in [0.29, 0.717) is 18.7 Å². The van der Waals surface area contributed by atoms with E-state index in [2.05, 4.69) is 12.0 Å². The number of amides is 1. The summed E-state index contributed by atoms with van der Waals surface area (Å²) >= 11 is 1.64. The van der Waals surface area contributed by atoms with Gasteiger partial charge in [-0.3, -0.25) is 9.59 Å². The van der Waals surface area contributed by atoms with Crippen molar-refractivity contribution in [3.05, 3.63) is 81.8 Å². The Hall–Kier alpha value is -3.07. The van der Waals surface area contributed by atoms with Gasteiger partial charge in [0, 0.05) is 28.5 Å². The zero-order valence-electron chi connectivity index (χ0n) is 17.4. The second-order valence-electron chi connectivity index (χ2n) is 7.57. The maximum atomic E-state index is 13.6. The molecule has 0 bridgehead atoms. The van der Waals surface area contributed by atoms with Gasteiger partial charge < -0.3 is 4.90 Å². The van der Waals surface area contributed by atoms with E-state index in [1.165, 1.54) is 30.0 Å². The molecule has 2 heterocycles. The van der Waals surface area contributed by atoms with Gasteiger partial charge in [0.25, 0.3) is 5.91 Å². The SMILES string of the molecule is Cc1cc(=O)c(C(=O)N2CCC(C)Sc3ccccc32)nn1-c1ccccc1C(F)(F)F. The zero-order valence-corrected chi connectivity index (χ0v) is 18.2. The quantitative estimate of drug-likeness (QED) is 0.536. The van der Waals surface area contributed by atoms with Gasteiger partial charge in [-0.2, -0.15) is 18.3 Å². The molecule has 0 fully saturated rings. The van der Waals surface area contributed by atoms with Gasteiger partial charge in [0.1, 0.15) is 0 Å². The molecule has 1 aliphatic rings. The molecule has 1 amide bonds. The van der Waals surface area contributed by atoms with Crippen LogP contribution in [0.3, 0.4) is 0 Å². The zero-order chi connectivity index (χ0) is 23.0. The van der Waals surface area contributed by atoms with Crippen molar-refractivity contribution < 1.29 is 18.0 Å². The van der Waals surface area contributed by atoms with E-state index >= 15 is 0 Å². The van der Waals surface area contributed by atoms with E-state index in [1.807, 2.05) is 12.1 Å². The third kappa shape index (κ3) is 4.17. The van der Waals surface area contributed by atoms with E-state index in [1.54, 1.807) is 23.9 Å². The second-order valence-corrected chi connectivity index (χ2v) is 9.05. The highest BCUT2D eigenvalue weighted by Gasteiger charge is 2.35. The molecule has 1 aliphatic heterocycles. The van der Waals surface area contributed by atoms with Crippen molar-refractivity contribution in [3.63, 3.8) is 0 Å². The fourth-order valence-corrected chi connectivity index (χ4v) is 4.78. The minimum absolute atomic E-state index is 0.198. The highest BCUT2D eigenvalue weighted by atomic mass is 32.2. The number of nitrogens with zero attached hydrogens (tertiary/aromatic N) is 3. The standard InChI is InChI=1S/C23H20F3N3O2S/c1-14-13-19(30)21(27-29(14)17-8-4-3-7-16(17)23(24,25)26)22(31)28-12-11-15(2)32-20-10-6-5-9-18(20)28/h3-10,13,15H,11-12H2,1-2H3. The summed E-state index contributed by atoms with van der Waals surface area (Å²) in [6, 6.07) is 13.5. The summed E-state index contributed by atoms with van der Waals surface area (Å²) in [5.74, 6) is -0.629. The van der Waals surface area contributed by atoms with Gasteiger partial charge in [-0.05, 0) is 37.6 Å². The molecule has 0 aliphatic carbocycles. The summed E-state index contributed by atoms with van der Waals surface area (Å²) in [7, 11) is 0. The first-order valence-electron chi connectivity index (χ1n) is 10.0. The van der Waals surface area contributed by atoms with Crippen molar-refractivity contribution in [2.75, 3.05) is 11.4 Å². The Balaban J connectivity index is 1.84. The number of carbonyl (C=O) groups is 1. The molecule has 2 aromatic carbocycles. The maximum absolute atomic E-state index is 13.6. The van der Waals surface area contributed by atoms with Gasteiger partial charge in [-0.15, -0.1) is 11.8 Å². The van der Waals surface area contributed by atoms with Crippen LogP contribution in [-0.4, -0.2) is 27.5 Å². The number of alkyl halides is 3. The van der Waals surface area contributed by atoms with E-state index in [4.69, 9.17) is 0 Å². The molecular formula is C23H20F3N3O2S. The van der Waals surface area contributed by atoms with Crippen LogP contribution in [0.4, 0.5) is 18.9 Å². The average molecular weight is 459 g/mol. The fraction of sp³-hybridized carbons (Fsp3) is 0.261. The number of carbonyl (C=O) groups excluding carboxylic acids is 1. The molecule has 166 valence electrons. The number of aryl methyl sites for hydroxylation is 1. The molecule has 9 heteroatoms. The number of halogens is 3. The van der Waals surface area contributed by atoms with E-state index < -0.39 is 28.8 Å². The van der Waals surface area contributed by atoms with E-state index in [-0.39, 0.29) is 16.6 Å². The summed E-state index contributed by atoms with van der Waals surface area (Å²) in [5, 5.41) is 4.38. The van der Waals surface area contributed by atoms with E-state index in [9.17, 15) is 22.8 Å². The van der Waals surface area contributed by atoms with Crippen molar-refractivity contribution in [1.82, 2.24) is 9.78 Å². The molecule has 0 N–H and O–H groups in total. The van der Waals surface area contributed by atoms with Crippen molar-refractivity contribution in [3.8, 4) is 5.69 Å². The largest absolute Gasteiger partial charge is 0.418 e. The molecule has 4 rings (SSSR count). The van der Waals surface area contributed by atoms with Crippen molar-refractivity contribution in [2.24, 2.45) is 0 Å². The van der Waals surface area contributed by atoms with Gasteiger partial charge >= 0.3 is 6.18 Å². The lowest BCUT2D eigenvalue weighted by molar-refractivity contribution is -0.137. The Kier molecular flexibility index (Phi) is 5.85. The minimum atomic E-state index is -4.62. The third-order valence-corrected chi connectivity index (χ3v) is 6.47. The molecule has 5 nitrogen and oxygen atoms in total. The predicted octanol–water partition coefficient (Wildman–Crippen LogP) is 5.09. The first-order valence-corrected chi connectivity index (χ1v) is 10.9. The average Bonchev–Trinajstić information content (AvgIpc) is 2.91. The van der Waals surface area contributed by atoms with Gasteiger partial charge in [0.15, 0.2) is 5.69 Å². The molecule has 1 atom stereocenters. The van der Waals surface area contributed by atoms with Gasteiger partial charge in [-0.1, -0.05) is 31.2 Å². The fourth-order valence-electron chi connectivity index (χ4n) is 3.66. The number of benzene rings is 2. The number of hydrogen-bond acceptors (Lipinski definition) is 4. The molecule has 32 heavy (non-hydrogen) atoms. The van der Waals surface area contributed by atoms with Crippen LogP contribution in [0.5, 0.6) is 0 Å². The van der Waals surface area contributed by atoms with Crippen LogP contribution < -0.4 is 10.3 Å². The number of fused-ring (bicyclic) bond motifs is 1. The first-order chi connectivity index (χ1) is 15.2. The lowest BCUT2D eigenvalue weighted by Gasteiger charge is -2.23. The van der Waals surface area contributed by atoms with Crippen molar-refractivity contribution >= 4 is 23.4 Å². The van der Waals surface area contributed by atoms with Gasteiger partial charge in [0.05, 0.1) is 16.9 Å². The Labute approximate surface area is 186 Å². The number of thioether (sulfide) groups is 1. The molecule has 1 aromatic heterocycles. The van der Waals surface area contributed by atoms with Crippen molar-refractivity contribution in [2.45, 2.75) is 36.6 Å². The lowest BCUT2D eigenvalue weighted by atomic mass is 10.1. The minimum Gasteiger partial charge on any atom is -0.306 e. The summed E-state index contributed by atoms with van der Waals surface area (Å²) in [6.07, 6.45) is -3.92. The lowest BCUT2D eigenvalue weighted by Crippen LogP contribution is -2.37. The number of anilines is 1. The molecular weight excluding hydrogens is 439 g/mol. The Morgan fingerprint density at radius 3 is 2.47 bits per heavy atom. The van der Waals surface area contributed by atoms with Crippen LogP contribution in [0.2, 0.25) is 0 Å². The van der Waals surface area contributed by atoms with Crippen LogP contribution in [0.15, 0.2) is 64.3 Å². The summed E-state index contributed by atoms with van der Waals surface area (Å²) in [5.41, 5.74) is -1.33. The van der Waals surface area contributed by atoms with Crippen LogP contribution in [0.1, 0.15) is 35.1 Å². The van der Waals surface area contributed by atoms with E-state index in [0.717, 1.165) is 21.7 Å². The number of para-hydroxylation sites is 2. The Bertz CT molecular complexity index is 1240. The Morgan fingerprint density at radius 2 is 1.75 bits per heavy atom. The second kappa shape index (κ2) is 8.46. The van der Waals surface area contributed by atoms with Gasteiger partial charge in [-0.25, -0.2) is 4.68 Å². The highest BCUT2D eigenvalue weighted by molar-refractivity contribution is 8.00. The smallest absolute Gasteiger partial charge is 0.306 e. The number of aromatic nitrogens is 2. The normalized spacial score (nSPS) is 16.4. The van der Waals surface area contributed by atoms with Crippen LogP contribution in [0, 0.1) is 6.92 Å². The topological polar surface area (TPSA) is 55.2 Å². The third-order valence-electron chi connectivity index (χ3n) is 5.24. The first kappa shape index (κ1) is 22.1. The maximum Gasteiger partial charge on any atom is 0.418 e. The van der Waals surface area contributed by atoms with Crippen LogP contribution in [0.25, 0.3) is 5.69 Å². The molecule has 0 radical (unpaired) electrons. The van der Waals surface area contributed by atoms with Crippen molar-refractivity contribution in [1.29, 1.82) is 0 Å². The monoisotopic (exact) mass is 459 g/mol. The molecule has 0 saturated heterocycles. The molecule has 0 saturated carbocycles. The molecule has 1 unspecified atom stereocenters. The highest BCUT2D eigenvalue weighted by Crippen LogP contribution is 2.38. The predicted molar refractivity (Wildman–Crippen MR) is 118 cm³/mol. The summed E-state index contributed by atoms with van der Waals surface area (Å²) in [6.45, 7) is 3.91. The number of rotatable bonds is 2. The Morgan fingerprint density at radius 1 is 1.09 bits per heavy atom. The van der Waals surface area contributed by atoms with Crippen LogP contribution in [-0.2, 0) is 6.18 Å². The van der Waals surface area contributed by atoms with Gasteiger partial charge in [0.2, 0.25) is 5.43 Å². The number of hydrogen-bond donors (Lipinski definition) is 0. The summed E-state index contributed by atoms with van der Waals surface area (Å²) < 4.78 is 41.7. The molecule has 3 aromatic rings. The summed E-state index contributed by atoms with van der Waals surface area (Å²) in [4.78, 5) is 28.5. The van der Waals surface area contributed by atoms with Crippen LogP contribution >= 0.6 is 11.8 Å².